The van der Waals surface area contributed by atoms with Crippen molar-refractivity contribution < 1.29 is 4.74 Å². The average molecular weight is 298 g/mol. The molecule has 2 aromatic rings. The molecule has 0 N–H and O–H groups in total. The Morgan fingerprint density at radius 1 is 1.00 bits per heavy atom. The summed E-state index contributed by atoms with van der Waals surface area (Å²) in [7, 11) is 1.66. The van der Waals surface area contributed by atoms with Gasteiger partial charge in [0.15, 0.2) is 0 Å². The van der Waals surface area contributed by atoms with Crippen molar-refractivity contribution in [2.24, 2.45) is 0 Å². The molecule has 0 spiro atoms. The summed E-state index contributed by atoms with van der Waals surface area (Å²) >= 11 is 9.43. The lowest BCUT2D eigenvalue weighted by atomic mass is 10.1. The van der Waals surface area contributed by atoms with E-state index in [1.54, 1.807) is 7.11 Å². The minimum Gasteiger partial charge on any atom is -0.497 e. The third kappa shape index (κ3) is 2.57. The summed E-state index contributed by atoms with van der Waals surface area (Å²) in [6.45, 7) is 0. The van der Waals surface area contributed by atoms with Gasteiger partial charge in [-0.15, -0.1) is 0 Å². The molecule has 0 fully saturated rings. The third-order valence-electron chi connectivity index (χ3n) is 2.29. The smallest absolute Gasteiger partial charge is 0.118 e. The molecule has 0 amide bonds. The number of hydrogen-bond acceptors (Lipinski definition) is 1. The standard InChI is InChI=1S/C13H10BrClO/c1-16-13-4-2-9(3-5-13)10-6-11(14)8-12(15)7-10/h2-8H,1H3. The van der Waals surface area contributed by atoms with Crippen LogP contribution in [-0.4, -0.2) is 7.11 Å². The van der Waals surface area contributed by atoms with Crippen LogP contribution in [0.3, 0.4) is 0 Å². The van der Waals surface area contributed by atoms with Gasteiger partial charge in [0.25, 0.3) is 0 Å². The van der Waals surface area contributed by atoms with Crippen LogP contribution < -0.4 is 4.74 Å². The minimum absolute atomic E-state index is 0.722. The molecular weight excluding hydrogens is 287 g/mol. The van der Waals surface area contributed by atoms with Gasteiger partial charge in [-0.25, -0.2) is 0 Å². The topological polar surface area (TPSA) is 9.23 Å². The molecule has 0 saturated carbocycles. The van der Waals surface area contributed by atoms with E-state index in [-0.39, 0.29) is 0 Å². The van der Waals surface area contributed by atoms with Crippen molar-refractivity contribution in [3.05, 3.63) is 52.0 Å². The van der Waals surface area contributed by atoms with Gasteiger partial charge >= 0.3 is 0 Å². The van der Waals surface area contributed by atoms with Crippen LogP contribution in [-0.2, 0) is 0 Å². The van der Waals surface area contributed by atoms with E-state index in [9.17, 15) is 0 Å². The number of ether oxygens (including phenoxy) is 1. The quantitative estimate of drug-likeness (QED) is 0.775. The fraction of sp³-hybridized carbons (Fsp3) is 0.0769. The summed E-state index contributed by atoms with van der Waals surface area (Å²) in [5, 5.41) is 0.722. The Kier molecular flexibility index (Phi) is 3.52. The van der Waals surface area contributed by atoms with Gasteiger partial charge in [0, 0.05) is 9.50 Å². The average Bonchev–Trinajstić information content (AvgIpc) is 2.28. The van der Waals surface area contributed by atoms with E-state index in [0.717, 1.165) is 26.4 Å². The lowest BCUT2D eigenvalue weighted by Crippen LogP contribution is -1.83. The van der Waals surface area contributed by atoms with E-state index < -0.39 is 0 Å². The van der Waals surface area contributed by atoms with E-state index in [4.69, 9.17) is 16.3 Å². The largest absolute Gasteiger partial charge is 0.497 e. The van der Waals surface area contributed by atoms with Crippen LogP contribution in [0, 0.1) is 0 Å². The van der Waals surface area contributed by atoms with Crippen LogP contribution in [0.15, 0.2) is 46.9 Å². The molecule has 0 saturated heterocycles. The van der Waals surface area contributed by atoms with Gasteiger partial charge in [0.05, 0.1) is 7.11 Å². The van der Waals surface area contributed by atoms with Crippen LogP contribution in [0.4, 0.5) is 0 Å². The second-order valence-corrected chi connectivity index (χ2v) is 4.74. The van der Waals surface area contributed by atoms with Crippen LogP contribution >= 0.6 is 27.5 Å². The second-order valence-electron chi connectivity index (χ2n) is 3.39. The first-order chi connectivity index (χ1) is 7.69. The number of rotatable bonds is 2. The van der Waals surface area contributed by atoms with Crippen LogP contribution in [0.5, 0.6) is 5.75 Å². The van der Waals surface area contributed by atoms with E-state index in [2.05, 4.69) is 15.9 Å². The molecule has 0 aromatic heterocycles. The first-order valence-electron chi connectivity index (χ1n) is 4.79. The molecule has 0 radical (unpaired) electrons. The molecule has 0 aliphatic carbocycles. The zero-order valence-corrected chi connectivity index (χ0v) is 11.0. The summed E-state index contributed by atoms with van der Waals surface area (Å²) < 4.78 is 6.09. The number of hydrogen-bond donors (Lipinski definition) is 0. The molecule has 0 bridgehead atoms. The first-order valence-corrected chi connectivity index (χ1v) is 5.96. The van der Waals surface area contributed by atoms with Crippen molar-refractivity contribution in [3.63, 3.8) is 0 Å². The highest BCUT2D eigenvalue weighted by atomic mass is 79.9. The molecule has 2 rings (SSSR count). The molecule has 1 nitrogen and oxygen atoms in total. The van der Waals surface area contributed by atoms with Crippen LogP contribution in [0.25, 0.3) is 11.1 Å². The predicted molar refractivity (Wildman–Crippen MR) is 71.1 cm³/mol. The number of benzene rings is 2. The minimum atomic E-state index is 0.722. The maximum absolute atomic E-state index is 6.00. The maximum Gasteiger partial charge on any atom is 0.118 e. The molecule has 82 valence electrons. The van der Waals surface area contributed by atoms with Crippen molar-refractivity contribution in [3.8, 4) is 16.9 Å². The van der Waals surface area contributed by atoms with Gasteiger partial charge in [0.1, 0.15) is 5.75 Å². The zero-order chi connectivity index (χ0) is 11.5. The Labute approximate surface area is 108 Å². The second kappa shape index (κ2) is 4.89. The third-order valence-corrected chi connectivity index (χ3v) is 2.96. The predicted octanol–water partition coefficient (Wildman–Crippen LogP) is 4.78. The Morgan fingerprint density at radius 3 is 2.25 bits per heavy atom. The van der Waals surface area contributed by atoms with Crippen molar-refractivity contribution in [2.45, 2.75) is 0 Å². The fourth-order valence-electron chi connectivity index (χ4n) is 1.50. The highest BCUT2D eigenvalue weighted by Crippen LogP contribution is 2.28. The Bertz CT molecular complexity index is 474. The SMILES string of the molecule is COc1ccc(-c2cc(Cl)cc(Br)c2)cc1. The summed E-state index contributed by atoms with van der Waals surface area (Å²) in [5.41, 5.74) is 2.20. The van der Waals surface area contributed by atoms with Gasteiger partial charge < -0.3 is 4.74 Å². The zero-order valence-electron chi connectivity index (χ0n) is 8.71. The molecule has 2 aromatic carbocycles. The first kappa shape index (κ1) is 11.5. The molecular formula is C13H10BrClO. The van der Waals surface area contributed by atoms with E-state index >= 15 is 0 Å². The van der Waals surface area contributed by atoms with Crippen LogP contribution in [0.2, 0.25) is 5.02 Å². The molecule has 3 heteroatoms. The summed E-state index contributed by atoms with van der Waals surface area (Å²) in [6.07, 6.45) is 0. The van der Waals surface area contributed by atoms with E-state index in [1.807, 2.05) is 42.5 Å². The highest BCUT2D eigenvalue weighted by molar-refractivity contribution is 9.10. The van der Waals surface area contributed by atoms with E-state index in [1.165, 1.54) is 0 Å². The summed E-state index contributed by atoms with van der Waals surface area (Å²) in [6, 6.07) is 13.7. The lowest BCUT2D eigenvalue weighted by molar-refractivity contribution is 0.415. The molecule has 16 heavy (non-hydrogen) atoms. The summed E-state index contributed by atoms with van der Waals surface area (Å²) in [4.78, 5) is 0. The Hall–Kier alpha value is -0.990. The van der Waals surface area contributed by atoms with Gasteiger partial charge in [-0.1, -0.05) is 39.7 Å². The number of methoxy groups -OCH3 is 1. The normalized spacial score (nSPS) is 10.2. The van der Waals surface area contributed by atoms with Crippen LogP contribution in [0.1, 0.15) is 0 Å². The lowest BCUT2D eigenvalue weighted by Gasteiger charge is -2.05. The van der Waals surface area contributed by atoms with Crippen molar-refractivity contribution >= 4 is 27.5 Å². The van der Waals surface area contributed by atoms with Gasteiger partial charge in [-0.3, -0.25) is 0 Å². The van der Waals surface area contributed by atoms with Crippen molar-refractivity contribution in [1.29, 1.82) is 0 Å². The number of halogens is 2. The van der Waals surface area contributed by atoms with Crippen molar-refractivity contribution in [1.82, 2.24) is 0 Å². The molecule has 0 heterocycles. The Balaban J connectivity index is 2.42. The van der Waals surface area contributed by atoms with Gasteiger partial charge in [-0.2, -0.15) is 0 Å². The highest BCUT2D eigenvalue weighted by Gasteiger charge is 2.01. The molecule has 0 unspecified atom stereocenters. The monoisotopic (exact) mass is 296 g/mol. The molecule has 0 aliphatic heterocycles. The molecule has 0 atom stereocenters. The van der Waals surface area contributed by atoms with Gasteiger partial charge in [-0.05, 0) is 41.5 Å². The summed E-state index contributed by atoms with van der Waals surface area (Å²) in [5.74, 6) is 0.852. The van der Waals surface area contributed by atoms with Gasteiger partial charge in [0.2, 0.25) is 0 Å². The fourth-order valence-corrected chi connectivity index (χ4v) is 2.36. The Morgan fingerprint density at radius 2 is 1.69 bits per heavy atom. The van der Waals surface area contributed by atoms with Crippen molar-refractivity contribution in [2.75, 3.05) is 7.11 Å². The van der Waals surface area contributed by atoms with E-state index in [0.29, 0.717) is 0 Å². The molecule has 0 aliphatic rings. The maximum atomic E-state index is 6.00.